The number of hydrogen-bond donors (Lipinski definition) is 0. The predicted molar refractivity (Wildman–Crippen MR) is 76.7 cm³/mol. The van der Waals surface area contributed by atoms with E-state index in [0.29, 0.717) is 0 Å². The summed E-state index contributed by atoms with van der Waals surface area (Å²) in [4.78, 5) is 0. The highest BCUT2D eigenvalue weighted by molar-refractivity contribution is 9.09. The van der Waals surface area contributed by atoms with Gasteiger partial charge in [0.1, 0.15) is 6.29 Å². The van der Waals surface area contributed by atoms with Crippen molar-refractivity contribution in [3.05, 3.63) is 0 Å². The fourth-order valence-electron chi connectivity index (χ4n) is 1.88. The van der Waals surface area contributed by atoms with Crippen LogP contribution in [-0.4, -0.2) is 26.5 Å². The second-order valence-corrected chi connectivity index (χ2v) is 9.59. The van der Waals surface area contributed by atoms with Gasteiger partial charge in [-0.15, -0.1) is 0 Å². The third-order valence-corrected chi connectivity index (χ3v) is 8.43. The first-order valence-corrected chi connectivity index (χ1v) is 10.2. The Morgan fingerprint density at radius 2 is 1.62 bits per heavy atom. The van der Waals surface area contributed by atoms with E-state index in [0.717, 1.165) is 24.8 Å². The molecule has 0 amide bonds. The van der Waals surface area contributed by atoms with E-state index < -0.39 is 8.32 Å². The molecule has 0 bridgehead atoms. The Morgan fingerprint density at radius 1 is 1.06 bits per heavy atom. The zero-order valence-electron chi connectivity index (χ0n) is 11.2. The van der Waals surface area contributed by atoms with Gasteiger partial charge in [-0.2, -0.15) is 0 Å². The van der Waals surface area contributed by atoms with Gasteiger partial charge in [-0.25, -0.2) is 0 Å². The predicted octanol–water partition coefficient (Wildman–Crippen LogP) is 4.55. The second-order valence-electron chi connectivity index (χ2n) is 4.08. The summed E-state index contributed by atoms with van der Waals surface area (Å²) in [7, 11) is -1.51. The number of ether oxygens (including phenoxy) is 1. The lowest BCUT2D eigenvalue weighted by Crippen LogP contribution is -2.40. The molecule has 1 atom stereocenters. The summed E-state index contributed by atoms with van der Waals surface area (Å²) in [5.41, 5.74) is 0. The van der Waals surface area contributed by atoms with Crippen LogP contribution in [0.1, 0.15) is 40.5 Å². The number of hydrogen-bond acceptors (Lipinski definition) is 2. The van der Waals surface area contributed by atoms with Gasteiger partial charge in [0.25, 0.3) is 0 Å². The third kappa shape index (κ3) is 5.80. The molecule has 0 fully saturated rings. The fraction of sp³-hybridized carbons (Fsp3) is 1.00. The van der Waals surface area contributed by atoms with Crippen LogP contribution >= 0.6 is 15.9 Å². The number of halogens is 1. The molecule has 0 aromatic carbocycles. The van der Waals surface area contributed by atoms with Crippen molar-refractivity contribution in [3.8, 4) is 0 Å². The van der Waals surface area contributed by atoms with Crippen LogP contribution in [0.25, 0.3) is 0 Å². The summed E-state index contributed by atoms with van der Waals surface area (Å²) in [6, 6.07) is 3.58. The van der Waals surface area contributed by atoms with Crippen molar-refractivity contribution in [2.75, 3.05) is 11.9 Å². The molecule has 16 heavy (non-hydrogen) atoms. The molecular weight excluding hydrogens is 284 g/mol. The Kier molecular flexibility index (Phi) is 10.00. The van der Waals surface area contributed by atoms with Gasteiger partial charge in [0.05, 0.1) is 0 Å². The first-order chi connectivity index (χ1) is 7.67. The molecule has 0 saturated heterocycles. The average Bonchev–Trinajstić information content (AvgIpc) is 2.33. The van der Waals surface area contributed by atoms with Gasteiger partial charge in [0.15, 0.2) is 8.32 Å². The Labute approximate surface area is 110 Å². The first kappa shape index (κ1) is 16.6. The molecule has 4 heteroatoms. The van der Waals surface area contributed by atoms with Crippen molar-refractivity contribution in [2.24, 2.45) is 0 Å². The van der Waals surface area contributed by atoms with Crippen LogP contribution < -0.4 is 0 Å². The summed E-state index contributed by atoms with van der Waals surface area (Å²) in [5.74, 6) is 0. The van der Waals surface area contributed by atoms with Crippen LogP contribution in [0.3, 0.4) is 0 Å². The molecular formula is C12H27BrO2Si. The molecule has 0 radical (unpaired) electrons. The van der Waals surface area contributed by atoms with Crippen LogP contribution in [0.2, 0.25) is 18.1 Å². The van der Waals surface area contributed by atoms with E-state index in [1.807, 2.05) is 6.92 Å². The molecule has 1 unspecified atom stereocenters. The largest absolute Gasteiger partial charge is 0.392 e. The molecule has 0 heterocycles. The smallest absolute Gasteiger partial charge is 0.195 e. The minimum absolute atomic E-state index is 0.0223. The molecule has 0 rings (SSSR count). The van der Waals surface area contributed by atoms with Crippen molar-refractivity contribution in [3.63, 3.8) is 0 Å². The van der Waals surface area contributed by atoms with Gasteiger partial charge in [-0.3, -0.25) is 0 Å². The molecule has 0 spiro atoms. The van der Waals surface area contributed by atoms with Crippen molar-refractivity contribution in [2.45, 2.75) is 65.0 Å². The molecule has 2 nitrogen and oxygen atoms in total. The fourth-order valence-corrected chi connectivity index (χ4v) is 4.95. The highest BCUT2D eigenvalue weighted by atomic mass is 79.9. The van der Waals surface area contributed by atoms with E-state index in [-0.39, 0.29) is 6.29 Å². The van der Waals surface area contributed by atoms with Crippen molar-refractivity contribution >= 4 is 24.2 Å². The third-order valence-electron chi connectivity index (χ3n) is 3.24. The Morgan fingerprint density at radius 3 is 2.00 bits per heavy atom. The normalized spacial score (nSPS) is 14.1. The van der Waals surface area contributed by atoms with E-state index in [4.69, 9.17) is 9.16 Å². The molecule has 0 aromatic heterocycles. The molecule has 0 aromatic rings. The minimum atomic E-state index is -1.51. The Balaban J connectivity index is 4.31. The van der Waals surface area contributed by atoms with Crippen molar-refractivity contribution in [1.29, 1.82) is 0 Å². The van der Waals surface area contributed by atoms with Crippen LogP contribution in [0.4, 0.5) is 0 Å². The second kappa shape index (κ2) is 9.63. The molecule has 0 saturated carbocycles. The molecule has 0 aliphatic carbocycles. The summed E-state index contributed by atoms with van der Waals surface area (Å²) >= 11 is 3.46. The van der Waals surface area contributed by atoms with Crippen LogP contribution in [0.5, 0.6) is 0 Å². The van der Waals surface area contributed by atoms with Gasteiger partial charge in [-0.05, 0) is 37.9 Å². The lowest BCUT2D eigenvalue weighted by atomic mass is 10.3. The summed E-state index contributed by atoms with van der Waals surface area (Å²) in [6.07, 6.45) is 2.15. The number of rotatable bonds is 10. The van der Waals surface area contributed by atoms with Crippen LogP contribution in [0.15, 0.2) is 0 Å². The lowest BCUT2D eigenvalue weighted by Gasteiger charge is -2.33. The highest BCUT2D eigenvalue weighted by Gasteiger charge is 2.31. The lowest BCUT2D eigenvalue weighted by molar-refractivity contribution is -0.0870. The maximum Gasteiger partial charge on any atom is 0.195 e. The highest BCUT2D eigenvalue weighted by Crippen LogP contribution is 2.25. The summed E-state index contributed by atoms with van der Waals surface area (Å²) in [6.45, 7) is 9.55. The Hall–Kier alpha value is 0.617. The molecule has 0 aliphatic rings. The summed E-state index contributed by atoms with van der Waals surface area (Å²) in [5, 5.41) is 1.03. The monoisotopic (exact) mass is 310 g/mol. The van der Waals surface area contributed by atoms with E-state index in [1.165, 1.54) is 18.1 Å². The SMILES string of the molecule is CCOC(CCCBr)O[Si](CC)(CC)CC. The summed E-state index contributed by atoms with van der Waals surface area (Å²) < 4.78 is 12.0. The van der Waals surface area contributed by atoms with Gasteiger partial charge < -0.3 is 9.16 Å². The zero-order valence-corrected chi connectivity index (χ0v) is 13.8. The molecule has 0 aliphatic heterocycles. The van der Waals surface area contributed by atoms with Crippen molar-refractivity contribution < 1.29 is 9.16 Å². The Bertz CT molecular complexity index is 155. The molecule has 98 valence electrons. The maximum atomic E-state index is 6.32. The van der Waals surface area contributed by atoms with Gasteiger partial charge in [0, 0.05) is 11.9 Å². The van der Waals surface area contributed by atoms with E-state index in [1.54, 1.807) is 0 Å². The van der Waals surface area contributed by atoms with Crippen LogP contribution in [0, 0.1) is 0 Å². The van der Waals surface area contributed by atoms with Crippen LogP contribution in [-0.2, 0) is 9.16 Å². The van der Waals surface area contributed by atoms with Gasteiger partial charge in [-0.1, -0.05) is 36.7 Å². The van der Waals surface area contributed by atoms with Gasteiger partial charge >= 0.3 is 0 Å². The molecule has 0 N–H and O–H groups in total. The maximum absolute atomic E-state index is 6.32. The average molecular weight is 311 g/mol. The topological polar surface area (TPSA) is 18.5 Å². The zero-order chi connectivity index (χ0) is 12.4. The van der Waals surface area contributed by atoms with Gasteiger partial charge in [0.2, 0.25) is 0 Å². The van der Waals surface area contributed by atoms with E-state index >= 15 is 0 Å². The minimum Gasteiger partial charge on any atom is -0.392 e. The first-order valence-electron chi connectivity index (χ1n) is 6.53. The quantitative estimate of drug-likeness (QED) is 0.335. The number of alkyl halides is 1. The standard InChI is InChI=1S/C12H27BrO2Si/c1-5-14-12(10-9-11-13)15-16(6-2,7-3)8-4/h12H,5-11H2,1-4H3. The van der Waals surface area contributed by atoms with E-state index in [9.17, 15) is 0 Å². The van der Waals surface area contributed by atoms with Crippen molar-refractivity contribution in [1.82, 2.24) is 0 Å². The van der Waals surface area contributed by atoms with E-state index in [2.05, 4.69) is 36.7 Å².